The third-order valence-corrected chi connectivity index (χ3v) is 5.00. The van der Waals surface area contributed by atoms with Gasteiger partial charge in [-0.25, -0.2) is 0 Å². The fourth-order valence-electron chi connectivity index (χ4n) is 3.43. The van der Waals surface area contributed by atoms with Crippen molar-refractivity contribution in [2.45, 2.75) is 58.3 Å². The SMILES string of the molecule is Cc1cc(NC(=O)CN(CC2CC2)C(=O)CCC2CCCC2)no1. The van der Waals surface area contributed by atoms with Crippen LogP contribution in [0.25, 0.3) is 0 Å². The molecule has 2 fully saturated rings. The summed E-state index contributed by atoms with van der Waals surface area (Å²) in [6.45, 7) is 2.58. The van der Waals surface area contributed by atoms with Gasteiger partial charge in [-0.3, -0.25) is 9.59 Å². The number of carbonyl (C=O) groups is 2. The summed E-state index contributed by atoms with van der Waals surface area (Å²) in [5, 5.41) is 6.46. The van der Waals surface area contributed by atoms with Crippen LogP contribution in [0.1, 0.15) is 57.1 Å². The summed E-state index contributed by atoms with van der Waals surface area (Å²) in [6, 6.07) is 1.67. The van der Waals surface area contributed by atoms with Crippen LogP contribution in [0.15, 0.2) is 10.6 Å². The van der Waals surface area contributed by atoms with E-state index in [1.165, 1.54) is 25.7 Å². The number of aromatic nitrogens is 1. The van der Waals surface area contributed by atoms with Gasteiger partial charge in [0.15, 0.2) is 5.82 Å². The summed E-state index contributed by atoms with van der Waals surface area (Å²) in [7, 11) is 0. The molecule has 132 valence electrons. The van der Waals surface area contributed by atoms with E-state index in [-0.39, 0.29) is 18.4 Å². The molecule has 0 aliphatic heterocycles. The van der Waals surface area contributed by atoms with Crippen LogP contribution >= 0.6 is 0 Å². The Bertz CT molecular complexity index is 574. The van der Waals surface area contributed by atoms with Gasteiger partial charge in [0.25, 0.3) is 0 Å². The van der Waals surface area contributed by atoms with Crippen molar-refractivity contribution < 1.29 is 14.1 Å². The zero-order valence-corrected chi connectivity index (χ0v) is 14.4. The fourth-order valence-corrected chi connectivity index (χ4v) is 3.43. The van der Waals surface area contributed by atoms with E-state index >= 15 is 0 Å². The molecule has 2 aliphatic carbocycles. The minimum atomic E-state index is -0.210. The van der Waals surface area contributed by atoms with Crippen molar-refractivity contribution >= 4 is 17.6 Å². The van der Waals surface area contributed by atoms with Crippen LogP contribution < -0.4 is 5.32 Å². The van der Waals surface area contributed by atoms with E-state index in [0.717, 1.165) is 19.3 Å². The third-order valence-electron chi connectivity index (χ3n) is 5.00. The molecule has 24 heavy (non-hydrogen) atoms. The summed E-state index contributed by atoms with van der Waals surface area (Å²) < 4.78 is 4.94. The highest BCUT2D eigenvalue weighted by molar-refractivity contribution is 5.93. The van der Waals surface area contributed by atoms with E-state index in [4.69, 9.17) is 4.52 Å². The number of carbonyl (C=O) groups excluding carboxylic acids is 2. The van der Waals surface area contributed by atoms with Crippen molar-refractivity contribution in [2.75, 3.05) is 18.4 Å². The number of hydrogen-bond donors (Lipinski definition) is 1. The first kappa shape index (κ1) is 17.0. The smallest absolute Gasteiger partial charge is 0.245 e. The number of amides is 2. The highest BCUT2D eigenvalue weighted by atomic mass is 16.5. The van der Waals surface area contributed by atoms with Crippen LogP contribution in [0.2, 0.25) is 0 Å². The molecule has 2 aliphatic rings. The standard InChI is InChI=1S/C18H27N3O3/c1-13-10-16(20-24-13)19-17(22)12-21(11-15-6-7-15)18(23)9-8-14-4-2-3-5-14/h10,14-15H,2-9,11-12H2,1H3,(H,19,20,22). The molecule has 1 N–H and O–H groups in total. The lowest BCUT2D eigenvalue weighted by Crippen LogP contribution is -2.39. The van der Waals surface area contributed by atoms with E-state index in [2.05, 4.69) is 10.5 Å². The normalized spacial score (nSPS) is 17.9. The van der Waals surface area contributed by atoms with Crippen LogP contribution in [0.4, 0.5) is 5.82 Å². The van der Waals surface area contributed by atoms with Gasteiger partial charge >= 0.3 is 0 Å². The summed E-state index contributed by atoms with van der Waals surface area (Å²) in [6.07, 6.45) is 8.95. The highest BCUT2D eigenvalue weighted by Crippen LogP contribution is 2.31. The Kier molecular flexibility index (Phi) is 5.53. The number of hydrogen-bond acceptors (Lipinski definition) is 4. The monoisotopic (exact) mass is 333 g/mol. The average molecular weight is 333 g/mol. The molecule has 0 bridgehead atoms. The second-order valence-electron chi connectivity index (χ2n) is 7.28. The van der Waals surface area contributed by atoms with Crippen molar-refractivity contribution in [3.8, 4) is 0 Å². The zero-order chi connectivity index (χ0) is 16.9. The molecule has 1 aromatic rings. The summed E-state index contributed by atoms with van der Waals surface area (Å²) >= 11 is 0. The molecule has 2 amide bonds. The van der Waals surface area contributed by atoms with Gasteiger partial charge in [0.1, 0.15) is 5.76 Å². The van der Waals surface area contributed by atoms with Gasteiger partial charge in [-0.15, -0.1) is 0 Å². The Morgan fingerprint density at radius 2 is 2.00 bits per heavy atom. The lowest BCUT2D eigenvalue weighted by atomic mass is 10.0. The van der Waals surface area contributed by atoms with Crippen molar-refractivity contribution in [3.05, 3.63) is 11.8 Å². The Hall–Kier alpha value is -1.85. The molecule has 3 rings (SSSR count). The topological polar surface area (TPSA) is 75.4 Å². The van der Waals surface area contributed by atoms with Gasteiger partial charge in [-0.2, -0.15) is 0 Å². The second kappa shape index (κ2) is 7.81. The number of aryl methyl sites for hydroxylation is 1. The molecular weight excluding hydrogens is 306 g/mol. The number of rotatable bonds is 8. The van der Waals surface area contributed by atoms with E-state index in [9.17, 15) is 9.59 Å². The van der Waals surface area contributed by atoms with Crippen molar-refractivity contribution in [1.82, 2.24) is 10.1 Å². The summed E-state index contributed by atoms with van der Waals surface area (Å²) in [4.78, 5) is 26.5. The van der Waals surface area contributed by atoms with E-state index in [0.29, 0.717) is 36.4 Å². The quantitative estimate of drug-likeness (QED) is 0.793. The summed E-state index contributed by atoms with van der Waals surface area (Å²) in [5.41, 5.74) is 0. The molecule has 0 aromatic carbocycles. The molecule has 0 atom stereocenters. The Morgan fingerprint density at radius 3 is 2.62 bits per heavy atom. The van der Waals surface area contributed by atoms with E-state index < -0.39 is 0 Å². The van der Waals surface area contributed by atoms with Gasteiger partial charge in [0, 0.05) is 19.0 Å². The molecule has 1 heterocycles. The molecule has 6 heteroatoms. The van der Waals surface area contributed by atoms with Gasteiger partial charge in [0.2, 0.25) is 11.8 Å². The van der Waals surface area contributed by atoms with Crippen LogP contribution in [0.5, 0.6) is 0 Å². The van der Waals surface area contributed by atoms with Crippen molar-refractivity contribution in [3.63, 3.8) is 0 Å². The van der Waals surface area contributed by atoms with E-state index in [1.807, 2.05) is 0 Å². The van der Waals surface area contributed by atoms with Crippen LogP contribution in [-0.2, 0) is 9.59 Å². The van der Waals surface area contributed by atoms with E-state index in [1.54, 1.807) is 17.9 Å². The average Bonchev–Trinajstić information content (AvgIpc) is 3.04. The lowest BCUT2D eigenvalue weighted by molar-refractivity contribution is -0.135. The van der Waals surface area contributed by atoms with Gasteiger partial charge < -0.3 is 14.7 Å². The van der Waals surface area contributed by atoms with Crippen LogP contribution in [-0.4, -0.2) is 35.0 Å². The first-order chi connectivity index (χ1) is 11.6. The Morgan fingerprint density at radius 1 is 1.25 bits per heavy atom. The zero-order valence-electron chi connectivity index (χ0n) is 14.4. The maximum atomic E-state index is 12.6. The summed E-state index contributed by atoms with van der Waals surface area (Å²) in [5.74, 6) is 2.22. The van der Waals surface area contributed by atoms with Crippen LogP contribution in [0, 0.1) is 18.8 Å². The van der Waals surface area contributed by atoms with Crippen LogP contribution in [0.3, 0.4) is 0 Å². The Balaban J connectivity index is 1.49. The fraction of sp³-hybridized carbons (Fsp3) is 0.722. The largest absolute Gasteiger partial charge is 0.360 e. The molecule has 0 saturated heterocycles. The predicted octanol–water partition coefficient (Wildman–Crippen LogP) is 3.13. The molecule has 2 saturated carbocycles. The maximum absolute atomic E-state index is 12.6. The molecule has 0 spiro atoms. The Labute approximate surface area is 142 Å². The molecule has 0 radical (unpaired) electrons. The minimum Gasteiger partial charge on any atom is -0.360 e. The van der Waals surface area contributed by atoms with Crippen molar-refractivity contribution in [1.29, 1.82) is 0 Å². The lowest BCUT2D eigenvalue weighted by Gasteiger charge is -2.22. The highest BCUT2D eigenvalue weighted by Gasteiger charge is 2.28. The number of nitrogens with zero attached hydrogens (tertiary/aromatic N) is 2. The first-order valence-electron chi connectivity index (χ1n) is 9.11. The number of nitrogens with one attached hydrogen (secondary N) is 1. The third kappa shape index (κ3) is 5.08. The molecular formula is C18H27N3O3. The van der Waals surface area contributed by atoms with Crippen molar-refractivity contribution in [2.24, 2.45) is 11.8 Å². The molecule has 0 unspecified atom stereocenters. The predicted molar refractivity (Wildman–Crippen MR) is 90.4 cm³/mol. The first-order valence-corrected chi connectivity index (χ1v) is 9.11. The van der Waals surface area contributed by atoms with Gasteiger partial charge in [0.05, 0.1) is 6.54 Å². The number of anilines is 1. The minimum absolute atomic E-state index is 0.103. The second-order valence-corrected chi connectivity index (χ2v) is 7.28. The molecule has 1 aromatic heterocycles. The van der Waals surface area contributed by atoms with Gasteiger partial charge in [-0.05, 0) is 38.0 Å². The van der Waals surface area contributed by atoms with Gasteiger partial charge in [-0.1, -0.05) is 30.8 Å². The molecule has 6 nitrogen and oxygen atoms in total. The maximum Gasteiger partial charge on any atom is 0.245 e.